The smallest absolute Gasteiger partial charge is 0.268 e. The fourth-order valence-electron chi connectivity index (χ4n) is 3.80. The lowest BCUT2D eigenvalue weighted by Gasteiger charge is -2.25. The van der Waals surface area contributed by atoms with Gasteiger partial charge in [0.25, 0.3) is 10.0 Å². The number of nitrogens with two attached hydrogens (primary N) is 1. The number of ether oxygens (including phenoxy) is 2. The van der Waals surface area contributed by atoms with Crippen LogP contribution >= 0.6 is 23.2 Å². The second-order valence-electron chi connectivity index (χ2n) is 8.30. The Hall–Kier alpha value is -3.71. The Bertz CT molecular complexity index is 1630. The number of nitrogens with one attached hydrogen (secondary N) is 1. The van der Waals surface area contributed by atoms with Crippen molar-refractivity contribution in [1.29, 1.82) is 0 Å². The maximum Gasteiger partial charge on any atom is 0.268 e. The van der Waals surface area contributed by atoms with E-state index < -0.39 is 32.7 Å². The normalized spacial score (nSPS) is 12.1. The van der Waals surface area contributed by atoms with Gasteiger partial charge in [-0.3, -0.25) is 4.98 Å². The number of hydrogen-bond acceptors (Lipinski definition) is 8. The van der Waals surface area contributed by atoms with Gasteiger partial charge in [-0.1, -0.05) is 23.2 Å². The molecule has 0 aliphatic rings. The summed E-state index contributed by atoms with van der Waals surface area (Å²) in [6, 6.07) is 10.4. The van der Waals surface area contributed by atoms with Gasteiger partial charge < -0.3 is 20.5 Å². The summed E-state index contributed by atoms with van der Waals surface area (Å²) in [6.07, 6.45) is 2.72. The largest absolute Gasteiger partial charge is 0.497 e. The molecule has 0 amide bonds. The van der Waals surface area contributed by atoms with E-state index in [1.54, 1.807) is 18.2 Å². The molecule has 1 heterocycles. The molecule has 40 heavy (non-hydrogen) atoms. The number of benzene rings is 3. The minimum Gasteiger partial charge on any atom is -0.497 e. The van der Waals surface area contributed by atoms with Crippen LogP contribution in [-0.4, -0.2) is 32.6 Å². The molecule has 3 N–H and O–H groups in total. The molecule has 1 atom stereocenters. The SMILES string of the molecule is COc1ccc(CN(c2cnccn2)S(=O)(=O)c2cc(Cl)c(N[C@@H](N)c3cc(Cl)ccc3F)cc2F)c(OC)c1. The minimum atomic E-state index is -4.61. The van der Waals surface area contributed by atoms with Crippen LogP contribution in [0.3, 0.4) is 0 Å². The van der Waals surface area contributed by atoms with Gasteiger partial charge >= 0.3 is 0 Å². The van der Waals surface area contributed by atoms with Crippen LogP contribution in [0.15, 0.2) is 72.0 Å². The fraction of sp³-hybridized carbons (Fsp3) is 0.154. The van der Waals surface area contributed by atoms with Gasteiger partial charge in [-0.15, -0.1) is 0 Å². The molecular formula is C26H23Cl2F2N5O4S. The molecule has 0 unspecified atom stereocenters. The van der Waals surface area contributed by atoms with E-state index in [4.69, 9.17) is 38.4 Å². The van der Waals surface area contributed by atoms with Gasteiger partial charge in [0.05, 0.1) is 37.7 Å². The topological polar surface area (TPSA) is 120 Å². The molecule has 4 rings (SSSR count). The predicted octanol–water partition coefficient (Wildman–Crippen LogP) is 5.54. The monoisotopic (exact) mass is 609 g/mol. The van der Waals surface area contributed by atoms with E-state index in [1.165, 1.54) is 44.9 Å². The van der Waals surface area contributed by atoms with Crippen LogP contribution in [0.5, 0.6) is 11.5 Å². The number of anilines is 2. The highest BCUT2D eigenvalue weighted by Crippen LogP contribution is 2.35. The first-order chi connectivity index (χ1) is 19.0. The molecule has 0 spiro atoms. The molecule has 0 aliphatic carbocycles. The quantitative estimate of drug-likeness (QED) is 0.225. The lowest BCUT2D eigenvalue weighted by Crippen LogP contribution is -2.32. The Morgan fingerprint density at radius 3 is 2.48 bits per heavy atom. The third-order valence-electron chi connectivity index (χ3n) is 5.81. The Kier molecular flexibility index (Phi) is 8.94. The number of nitrogens with zero attached hydrogens (tertiary/aromatic N) is 3. The van der Waals surface area contributed by atoms with Crippen LogP contribution in [0.1, 0.15) is 17.3 Å². The average molecular weight is 610 g/mol. The van der Waals surface area contributed by atoms with Crippen LogP contribution in [0.4, 0.5) is 20.3 Å². The van der Waals surface area contributed by atoms with Crippen molar-refractivity contribution in [1.82, 2.24) is 9.97 Å². The molecule has 9 nitrogen and oxygen atoms in total. The first-order valence-electron chi connectivity index (χ1n) is 11.5. The molecular weight excluding hydrogens is 587 g/mol. The molecule has 0 saturated carbocycles. The summed E-state index contributed by atoms with van der Waals surface area (Å²) in [6.45, 7) is -0.288. The molecule has 14 heteroatoms. The van der Waals surface area contributed by atoms with Gasteiger partial charge in [-0.25, -0.2) is 26.5 Å². The van der Waals surface area contributed by atoms with Gasteiger partial charge in [0.1, 0.15) is 34.2 Å². The van der Waals surface area contributed by atoms with E-state index in [0.29, 0.717) is 17.1 Å². The maximum absolute atomic E-state index is 15.5. The van der Waals surface area contributed by atoms with Crippen molar-refractivity contribution in [2.45, 2.75) is 17.6 Å². The summed E-state index contributed by atoms with van der Waals surface area (Å²) in [5.74, 6) is -1.03. The summed E-state index contributed by atoms with van der Waals surface area (Å²) in [7, 11) is -1.71. The third-order valence-corrected chi connectivity index (χ3v) is 8.12. The highest BCUT2D eigenvalue weighted by molar-refractivity contribution is 7.92. The molecule has 0 saturated heterocycles. The van der Waals surface area contributed by atoms with E-state index in [1.807, 2.05) is 0 Å². The van der Waals surface area contributed by atoms with Gasteiger partial charge in [0.15, 0.2) is 5.82 Å². The summed E-state index contributed by atoms with van der Waals surface area (Å²) in [4.78, 5) is 7.32. The standard InChI is InChI=1S/C26H23Cl2F2N5O4S/c1-38-17-5-3-15(23(10-17)39-2)14-35(25-13-32-7-8-33-25)40(36,37)24-11-19(28)22(12-21(24)30)34-26(31)18-9-16(27)4-6-20(18)29/h3-13,26,34H,14,31H2,1-2H3/t26-/m1/s1. The van der Waals surface area contributed by atoms with Crippen molar-refractivity contribution in [3.8, 4) is 11.5 Å². The number of rotatable bonds is 10. The molecule has 0 radical (unpaired) electrons. The Labute approximate surface area is 239 Å². The number of sulfonamides is 1. The number of aromatic nitrogens is 2. The zero-order valence-corrected chi connectivity index (χ0v) is 23.4. The minimum absolute atomic E-state index is 0.00272. The number of hydrogen-bond donors (Lipinski definition) is 2. The molecule has 3 aromatic carbocycles. The number of halogens is 4. The fourth-order valence-corrected chi connectivity index (χ4v) is 5.72. The van der Waals surface area contributed by atoms with Crippen molar-refractivity contribution < 1.29 is 26.7 Å². The summed E-state index contributed by atoms with van der Waals surface area (Å²) in [5, 5.41) is 2.75. The molecule has 0 aliphatic heterocycles. The number of methoxy groups -OCH3 is 2. The van der Waals surface area contributed by atoms with E-state index in [9.17, 15) is 12.8 Å². The summed E-state index contributed by atoms with van der Waals surface area (Å²) in [5.41, 5.74) is 6.43. The van der Waals surface area contributed by atoms with E-state index >= 15 is 4.39 Å². The lowest BCUT2D eigenvalue weighted by atomic mass is 10.1. The second kappa shape index (κ2) is 12.2. The molecule has 4 aromatic rings. The van der Waals surface area contributed by atoms with Gasteiger partial charge in [-0.2, -0.15) is 0 Å². The second-order valence-corrected chi connectivity index (χ2v) is 11.0. The predicted molar refractivity (Wildman–Crippen MR) is 148 cm³/mol. The third kappa shape index (κ3) is 6.20. The van der Waals surface area contributed by atoms with Gasteiger partial charge in [-0.05, 0) is 42.5 Å². The van der Waals surface area contributed by atoms with Crippen LogP contribution in [0.25, 0.3) is 0 Å². The summed E-state index contributed by atoms with van der Waals surface area (Å²) < 4.78 is 68.9. The van der Waals surface area contributed by atoms with Crippen molar-refractivity contribution in [3.63, 3.8) is 0 Å². The van der Waals surface area contributed by atoms with E-state index in [2.05, 4.69) is 15.3 Å². The van der Waals surface area contributed by atoms with Crippen molar-refractivity contribution in [2.24, 2.45) is 5.73 Å². The zero-order chi connectivity index (χ0) is 29.0. The lowest BCUT2D eigenvalue weighted by molar-refractivity contribution is 0.391. The van der Waals surface area contributed by atoms with Crippen LogP contribution in [0, 0.1) is 11.6 Å². The first-order valence-corrected chi connectivity index (χ1v) is 13.7. The van der Waals surface area contributed by atoms with Crippen LogP contribution < -0.4 is 24.8 Å². The molecule has 1 aromatic heterocycles. The van der Waals surface area contributed by atoms with Crippen molar-refractivity contribution >= 4 is 44.7 Å². The molecule has 0 bridgehead atoms. The first kappa shape index (κ1) is 29.3. The average Bonchev–Trinajstić information content (AvgIpc) is 2.94. The van der Waals surface area contributed by atoms with Crippen molar-refractivity contribution in [3.05, 3.63) is 99.9 Å². The Morgan fingerprint density at radius 1 is 1.02 bits per heavy atom. The molecule has 210 valence electrons. The summed E-state index contributed by atoms with van der Waals surface area (Å²) >= 11 is 12.3. The Morgan fingerprint density at radius 2 is 1.80 bits per heavy atom. The highest BCUT2D eigenvalue weighted by atomic mass is 35.5. The van der Waals surface area contributed by atoms with Gasteiger partial charge in [0, 0.05) is 34.6 Å². The van der Waals surface area contributed by atoms with Crippen molar-refractivity contribution in [2.75, 3.05) is 23.8 Å². The Balaban J connectivity index is 1.73. The molecule has 0 fully saturated rings. The van der Waals surface area contributed by atoms with Crippen LogP contribution in [-0.2, 0) is 16.6 Å². The van der Waals surface area contributed by atoms with Gasteiger partial charge in [0.2, 0.25) is 0 Å². The highest BCUT2D eigenvalue weighted by Gasteiger charge is 2.31. The van der Waals surface area contributed by atoms with E-state index in [-0.39, 0.29) is 33.7 Å². The van der Waals surface area contributed by atoms with Crippen LogP contribution in [0.2, 0.25) is 10.0 Å². The van der Waals surface area contributed by atoms with E-state index in [0.717, 1.165) is 22.5 Å². The zero-order valence-electron chi connectivity index (χ0n) is 21.1. The maximum atomic E-state index is 15.5.